The van der Waals surface area contributed by atoms with Crippen molar-refractivity contribution < 1.29 is 0 Å². The maximum atomic E-state index is 5.85. The zero-order chi connectivity index (χ0) is 11.5. The van der Waals surface area contributed by atoms with E-state index in [1.165, 1.54) is 30.8 Å². The van der Waals surface area contributed by atoms with Crippen LogP contribution in [0, 0.1) is 18.8 Å². The number of thioether (sulfide) groups is 1. The second-order valence-corrected chi connectivity index (χ2v) is 6.92. The molecule has 1 aromatic rings. The van der Waals surface area contributed by atoms with Crippen LogP contribution in [0.25, 0.3) is 0 Å². The molecule has 3 nitrogen and oxygen atoms in total. The van der Waals surface area contributed by atoms with E-state index in [9.17, 15) is 0 Å². The van der Waals surface area contributed by atoms with Gasteiger partial charge in [0.2, 0.25) is 0 Å². The van der Waals surface area contributed by atoms with Gasteiger partial charge in [-0.1, -0.05) is 25.1 Å². The lowest BCUT2D eigenvalue weighted by molar-refractivity contribution is 0.306. The highest BCUT2D eigenvalue weighted by Crippen LogP contribution is 2.39. The van der Waals surface area contributed by atoms with Crippen LogP contribution < -0.4 is 5.73 Å². The number of aryl methyl sites for hydroxylation is 1. The molecular formula is C11H19N3S2. The fraction of sp³-hybridized carbons (Fsp3) is 0.818. The van der Waals surface area contributed by atoms with E-state index in [1.807, 2.05) is 18.7 Å². The predicted molar refractivity (Wildman–Crippen MR) is 69.9 cm³/mol. The van der Waals surface area contributed by atoms with Gasteiger partial charge in [-0.25, -0.2) is 4.98 Å². The maximum Gasteiger partial charge on any atom is 0.170 e. The summed E-state index contributed by atoms with van der Waals surface area (Å²) in [6.07, 6.45) is 3.87. The summed E-state index contributed by atoms with van der Waals surface area (Å²) in [7, 11) is 0. The lowest BCUT2D eigenvalue weighted by Crippen LogP contribution is -2.31. The van der Waals surface area contributed by atoms with Gasteiger partial charge in [-0.2, -0.15) is 4.37 Å². The summed E-state index contributed by atoms with van der Waals surface area (Å²) in [6.45, 7) is 5.10. The monoisotopic (exact) mass is 257 g/mol. The van der Waals surface area contributed by atoms with Crippen molar-refractivity contribution in [1.29, 1.82) is 0 Å². The summed E-state index contributed by atoms with van der Waals surface area (Å²) in [6, 6.07) is 0. The van der Waals surface area contributed by atoms with Crippen LogP contribution in [0.2, 0.25) is 0 Å². The molecule has 5 heteroatoms. The average molecular weight is 257 g/mol. The first-order chi connectivity index (χ1) is 7.69. The molecule has 2 N–H and O–H groups in total. The van der Waals surface area contributed by atoms with Crippen LogP contribution in [0.5, 0.6) is 0 Å². The quantitative estimate of drug-likeness (QED) is 0.904. The number of rotatable bonds is 3. The molecule has 0 saturated heterocycles. The standard InChI is InChI=1S/C11H19N3S2/c1-7-3-4-9(6-12)10(5-7)15-11-13-8(2)14-16-11/h7,9-10H,3-6,12H2,1-2H3. The van der Waals surface area contributed by atoms with Gasteiger partial charge < -0.3 is 5.73 Å². The van der Waals surface area contributed by atoms with E-state index in [0.717, 1.165) is 22.6 Å². The van der Waals surface area contributed by atoms with Gasteiger partial charge in [0.1, 0.15) is 5.82 Å². The molecule has 0 aromatic carbocycles. The minimum Gasteiger partial charge on any atom is -0.330 e. The molecule has 0 amide bonds. The molecule has 2 rings (SSSR count). The van der Waals surface area contributed by atoms with Gasteiger partial charge in [0.15, 0.2) is 4.34 Å². The van der Waals surface area contributed by atoms with Crippen molar-refractivity contribution in [2.24, 2.45) is 17.6 Å². The summed E-state index contributed by atoms with van der Waals surface area (Å²) in [5.41, 5.74) is 5.85. The molecule has 0 radical (unpaired) electrons. The lowest BCUT2D eigenvalue weighted by Gasteiger charge is -2.33. The minimum absolute atomic E-state index is 0.640. The van der Waals surface area contributed by atoms with E-state index in [2.05, 4.69) is 16.3 Å². The number of nitrogens with two attached hydrogens (primary N) is 1. The van der Waals surface area contributed by atoms with Crippen LogP contribution >= 0.6 is 23.3 Å². The fourth-order valence-corrected chi connectivity index (χ4v) is 4.65. The summed E-state index contributed by atoms with van der Waals surface area (Å²) < 4.78 is 5.34. The molecule has 1 aromatic heterocycles. The van der Waals surface area contributed by atoms with Crippen LogP contribution in [0.3, 0.4) is 0 Å². The van der Waals surface area contributed by atoms with Gasteiger partial charge >= 0.3 is 0 Å². The highest BCUT2D eigenvalue weighted by molar-refractivity contribution is 8.01. The Morgan fingerprint density at radius 2 is 2.31 bits per heavy atom. The second kappa shape index (κ2) is 5.47. The van der Waals surface area contributed by atoms with Gasteiger partial charge in [0.05, 0.1) is 0 Å². The van der Waals surface area contributed by atoms with Gasteiger partial charge in [-0.3, -0.25) is 0 Å². The Labute approximate surface area is 105 Å². The summed E-state index contributed by atoms with van der Waals surface area (Å²) >= 11 is 3.40. The van der Waals surface area contributed by atoms with E-state index in [4.69, 9.17) is 5.73 Å². The average Bonchev–Trinajstić information content (AvgIpc) is 2.64. The van der Waals surface area contributed by atoms with Crippen molar-refractivity contribution in [3.63, 3.8) is 0 Å². The van der Waals surface area contributed by atoms with E-state index in [1.54, 1.807) is 0 Å². The summed E-state index contributed by atoms with van der Waals surface area (Å²) in [5.74, 6) is 2.38. The minimum atomic E-state index is 0.640. The molecule has 0 aliphatic heterocycles. The number of hydrogen-bond donors (Lipinski definition) is 1. The zero-order valence-corrected chi connectivity index (χ0v) is 11.5. The molecule has 90 valence electrons. The molecule has 0 spiro atoms. The van der Waals surface area contributed by atoms with Crippen LogP contribution in [0.1, 0.15) is 32.0 Å². The number of hydrogen-bond acceptors (Lipinski definition) is 5. The molecule has 3 atom stereocenters. The van der Waals surface area contributed by atoms with Gasteiger partial charge in [0.25, 0.3) is 0 Å². The Morgan fingerprint density at radius 1 is 1.50 bits per heavy atom. The molecule has 3 unspecified atom stereocenters. The third-order valence-electron chi connectivity index (χ3n) is 3.25. The normalized spacial score (nSPS) is 30.6. The van der Waals surface area contributed by atoms with Crippen molar-refractivity contribution in [2.45, 2.75) is 42.7 Å². The van der Waals surface area contributed by atoms with Crippen LogP contribution in [-0.4, -0.2) is 21.2 Å². The predicted octanol–water partition coefficient (Wildman–Crippen LogP) is 2.70. The Bertz CT molecular complexity index is 340. The van der Waals surface area contributed by atoms with E-state index >= 15 is 0 Å². The van der Waals surface area contributed by atoms with Crippen LogP contribution in [0.15, 0.2) is 4.34 Å². The van der Waals surface area contributed by atoms with Crippen molar-refractivity contribution in [3.05, 3.63) is 5.82 Å². The van der Waals surface area contributed by atoms with Crippen LogP contribution in [0.4, 0.5) is 0 Å². The molecule has 0 bridgehead atoms. The second-order valence-electron chi connectivity index (χ2n) is 4.68. The van der Waals surface area contributed by atoms with E-state index in [0.29, 0.717) is 11.2 Å². The first-order valence-corrected chi connectivity index (χ1v) is 7.51. The smallest absolute Gasteiger partial charge is 0.170 e. The Morgan fingerprint density at radius 3 is 2.94 bits per heavy atom. The summed E-state index contributed by atoms with van der Waals surface area (Å²) in [4.78, 5) is 4.43. The molecule has 1 fully saturated rings. The van der Waals surface area contributed by atoms with Crippen molar-refractivity contribution in [1.82, 2.24) is 9.36 Å². The molecule has 1 saturated carbocycles. The van der Waals surface area contributed by atoms with Crippen molar-refractivity contribution in [2.75, 3.05) is 6.54 Å². The Hall–Kier alpha value is -0.130. The number of aromatic nitrogens is 2. The molecule has 16 heavy (non-hydrogen) atoms. The maximum absolute atomic E-state index is 5.85. The Balaban J connectivity index is 2.00. The fourth-order valence-electron chi connectivity index (χ4n) is 2.26. The largest absolute Gasteiger partial charge is 0.330 e. The van der Waals surface area contributed by atoms with Crippen LogP contribution in [-0.2, 0) is 0 Å². The molecule has 1 heterocycles. The number of nitrogens with zero attached hydrogens (tertiary/aromatic N) is 2. The third kappa shape index (κ3) is 2.96. The topological polar surface area (TPSA) is 51.8 Å². The van der Waals surface area contributed by atoms with E-state index in [-0.39, 0.29) is 0 Å². The molecular weight excluding hydrogens is 238 g/mol. The van der Waals surface area contributed by atoms with Gasteiger partial charge in [-0.15, -0.1) is 0 Å². The third-order valence-corrected chi connectivity index (χ3v) is 5.54. The molecule has 1 aliphatic rings. The summed E-state index contributed by atoms with van der Waals surface area (Å²) in [5, 5.41) is 0.640. The first kappa shape index (κ1) is 12.3. The highest BCUT2D eigenvalue weighted by atomic mass is 32.2. The van der Waals surface area contributed by atoms with Gasteiger partial charge in [0, 0.05) is 5.25 Å². The van der Waals surface area contributed by atoms with Crippen molar-refractivity contribution in [3.8, 4) is 0 Å². The zero-order valence-electron chi connectivity index (χ0n) is 9.85. The lowest BCUT2D eigenvalue weighted by atomic mass is 9.82. The van der Waals surface area contributed by atoms with E-state index < -0.39 is 0 Å². The SMILES string of the molecule is Cc1nsc(SC2CC(C)CCC2CN)n1. The molecule has 1 aliphatic carbocycles. The Kier molecular flexibility index (Phi) is 4.21. The van der Waals surface area contributed by atoms with Gasteiger partial charge in [-0.05, 0) is 49.7 Å². The highest BCUT2D eigenvalue weighted by Gasteiger charge is 2.29. The van der Waals surface area contributed by atoms with Crippen molar-refractivity contribution >= 4 is 23.3 Å². The first-order valence-electron chi connectivity index (χ1n) is 5.86.